The predicted molar refractivity (Wildman–Crippen MR) is 67.3 cm³/mol. The lowest BCUT2D eigenvalue weighted by Gasteiger charge is -2.12. The van der Waals surface area contributed by atoms with Crippen molar-refractivity contribution < 1.29 is 17.9 Å². The zero-order valence-electron chi connectivity index (χ0n) is 11.3. The van der Waals surface area contributed by atoms with E-state index in [1.807, 2.05) is 19.9 Å². The average Bonchev–Trinajstić information content (AvgIpc) is 2.27. The Kier molecular flexibility index (Phi) is 5.60. The second-order valence-corrected chi connectivity index (χ2v) is 4.64. The third-order valence-electron chi connectivity index (χ3n) is 2.49. The topological polar surface area (TPSA) is 34.1 Å². The van der Waals surface area contributed by atoms with E-state index in [0.29, 0.717) is 6.54 Å². The number of hydrogen-bond acceptors (Lipinski definition) is 3. The first kappa shape index (κ1) is 15.8. The van der Waals surface area contributed by atoms with Gasteiger partial charge in [-0.25, -0.2) is 4.98 Å². The Labute approximate surface area is 111 Å². The van der Waals surface area contributed by atoms with Crippen LogP contribution in [0.3, 0.4) is 0 Å². The average molecular weight is 276 g/mol. The number of nitrogens with one attached hydrogen (secondary N) is 1. The van der Waals surface area contributed by atoms with Crippen LogP contribution in [0.5, 0.6) is 5.88 Å². The largest absolute Gasteiger partial charge is 0.477 e. The van der Waals surface area contributed by atoms with E-state index < -0.39 is 19.2 Å². The van der Waals surface area contributed by atoms with E-state index in [2.05, 4.69) is 10.3 Å². The number of nitrogens with zero attached hydrogens (tertiary/aromatic N) is 1. The van der Waals surface area contributed by atoms with Gasteiger partial charge in [-0.1, -0.05) is 13.8 Å². The van der Waals surface area contributed by atoms with Crippen LogP contribution in [0.2, 0.25) is 0 Å². The van der Waals surface area contributed by atoms with Crippen molar-refractivity contribution in [2.24, 2.45) is 0 Å². The molecule has 1 aromatic rings. The number of ether oxygens (including phenoxy) is 1. The fourth-order valence-corrected chi connectivity index (χ4v) is 1.53. The highest BCUT2D eigenvalue weighted by Gasteiger charge is 2.27. The quantitative estimate of drug-likeness (QED) is 0.866. The molecule has 1 rings (SSSR count). The number of alkyl halides is 3. The maximum absolute atomic E-state index is 12.1. The number of hydrogen-bond donors (Lipinski definition) is 1. The highest BCUT2D eigenvalue weighted by Crippen LogP contribution is 2.22. The van der Waals surface area contributed by atoms with Crippen LogP contribution >= 0.6 is 0 Å². The van der Waals surface area contributed by atoms with Gasteiger partial charge in [0.15, 0.2) is 0 Å². The Balaban J connectivity index is 2.75. The zero-order chi connectivity index (χ0) is 14.5. The Morgan fingerprint density at radius 1 is 1.32 bits per heavy atom. The molecule has 0 saturated heterocycles. The van der Waals surface area contributed by atoms with Crippen LogP contribution in [0, 0.1) is 0 Å². The SMILES string of the molecule is CNCc1cc(OCCC(F)(F)F)nc(C(C)C)c1. The second-order valence-electron chi connectivity index (χ2n) is 4.64. The molecule has 1 aromatic heterocycles. The lowest BCUT2D eigenvalue weighted by atomic mass is 10.1. The van der Waals surface area contributed by atoms with Gasteiger partial charge in [0.25, 0.3) is 0 Å². The van der Waals surface area contributed by atoms with Gasteiger partial charge in [-0.05, 0) is 24.6 Å². The molecule has 0 aliphatic carbocycles. The van der Waals surface area contributed by atoms with E-state index in [0.717, 1.165) is 11.3 Å². The Bertz CT molecular complexity index is 405. The van der Waals surface area contributed by atoms with Gasteiger partial charge in [-0.3, -0.25) is 0 Å². The Morgan fingerprint density at radius 3 is 2.53 bits per heavy atom. The molecule has 0 unspecified atom stereocenters. The summed E-state index contributed by atoms with van der Waals surface area (Å²) in [6.45, 7) is 4.17. The number of halogens is 3. The summed E-state index contributed by atoms with van der Waals surface area (Å²) in [6.07, 6.45) is -5.18. The van der Waals surface area contributed by atoms with E-state index in [1.165, 1.54) is 0 Å². The summed E-state index contributed by atoms with van der Waals surface area (Å²) >= 11 is 0. The molecule has 0 aliphatic heterocycles. The van der Waals surface area contributed by atoms with Crippen molar-refractivity contribution in [3.05, 3.63) is 23.4 Å². The minimum absolute atomic E-state index is 0.196. The molecule has 0 saturated carbocycles. The molecule has 19 heavy (non-hydrogen) atoms. The number of rotatable bonds is 6. The zero-order valence-corrected chi connectivity index (χ0v) is 11.3. The van der Waals surface area contributed by atoms with Crippen LogP contribution in [0.4, 0.5) is 13.2 Å². The lowest BCUT2D eigenvalue weighted by molar-refractivity contribution is -0.139. The van der Waals surface area contributed by atoms with Gasteiger partial charge in [-0.15, -0.1) is 0 Å². The fraction of sp³-hybridized carbons (Fsp3) is 0.615. The molecule has 0 bridgehead atoms. The van der Waals surface area contributed by atoms with Crippen LogP contribution in [0.25, 0.3) is 0 Å². The molecule has 0 spiro atoms. The van der Waals surface area contributed by atoms with Gasteiger partial charge in [-0.2, -0.15) is 13.2 Å². The van der Waals surface area contributed by atoms with Gasteiger partial charge in [0.05, 0.1) is 13.0 Å². The summed E-state index contributed by atoms with van der Waals surface area (Å²) in [5, 5.41) is 2.99. The highest BCUT2D eigenvalue weighted by molar-refractivity contribution is 5.26. The number of aromatic nitrogens is 1. The monoisotopic (exact) mass is 276 g/mol. The first-order valence-corrected chi connectivity index (χ1v) is 6.17. The molecule has 0 fully saturated rings. The van der Waals surface area contributed by atoms with Crippen LogP contribution in [0.1, 0.15) is 37.4 Å². The summed E-state index contributed by atoms with van der Waals surface area (Å²) < 4.78 is 41.3. The minimum atomic E-state index is -4.20. The van der Waals surface area contributed by atoms with Crippen LogP contribution < -0.4 is 10.1 Å². The van der Waals surface area contributed by atoms with Crippen molar-refractivity contribution in [1.82, 2.24) is 10.3 Å². The molecule has 0 radical (unpaired) electrons. The van der Waals surface area contributed by atoms with Crippen molar-refractivity contribution >= 4 is 0 Å². The maximum atomic E-state index is 12.1. The predicted octanol–water partition coefficient (Wildman–Crippen LogP) is 3.26. The summed E-state index contributed by atoms with van der Waals surface area (Å²) in [4.78, 5) is 4.22. The molecule has 1 heterocycles. The molecule has 0 amide bonds. The van der Waals surface area contributed by atoms with Crippen molar-refractivity contribution in [2.75, 3.05) is 13.7 Å². The maximum Gasteiger partial charge on any atom is 0.392 e. The second kappa shape index (κ2) is 6.75. The van der Waals surface area contributed by atoms with Gasteiger partial charge >= 0.3 is 6.18 Å². The van der Waals surface area contributed by atoms with Gasteiger partial charge in [0, 0.05) is 18.3 Å². The van der Waals surface area contributed by atoms with Crippen molar-refractivity contribution in [3.8, 4) is 5.88 Å². The van der Waals surface area contributed by atoms with Gasteiger partial charge in [0.1, 0.15) is 0 Å². The van der Waals surface area contributed by atoms with Crippen LogP contribution in [0.15, 0.2) is 12.1 Å². The van der Waals surface area contributed by atoms with E-state index >= 15 is 0 Å². The van der Waals surface area contributed by atoms with Crippen LogP contribution in [-0.2, 0) is 6.54 Å². The van der Waals surface area contributed by atoms with E-state index in [-0.39, 0.29) is 11.8 Å². The summed E-state index contributed by atoms with van der Waals surface area (Å²) in [5.74, 6) is 0.447. The van der Waals surface area contributed by atoms with Crippen molar-refractivity contribution in [1.29, 1.82) is 0 Å². The normalized spacial score (nSPS) is 11.9. The standard InChI is InChI=1S/C13H19F3N2O/c1-9(2)11-6-10(8-17-3)7-12(18-11)19-5-4-13(14,15)16/h6-7,9,17H,4-5,8H2,1-3H3. The van der Waals surface area contributed by atoms with E-state index in [4.69, 9.17) is 4.74 Å². The molecule has 1 N–H and O–H groups in total. The lowest BCUT2D eigenvalue weighted by Crippen LogP contribution is -2.14. The summed E-state index contributed by atoms with van der Waals surface area (Å²) in [6, 6.07) is 3.59. The molecular formula is C13H19F3N2O. The summed E-state index contributed by atoms with van der Waals surface area (Å²) in [5.41, 5.74) is 1.76. The van der Waals surface area contributed by atoms with Gasteiger partial charge in [0.2, 0.25) is 5.88 Å². The Morgan fingerprint density at radius 2 is 2.00 bits per heavy atom. The number of pyridine rings is 1. The first-order valence-electron chi connectivity index (χ1n) is 6.17. The molecular weight excluding hydrogens is 257 g/mol. The molecule has 108 valence electrons. The molecule has 0 atom stereocenters. The molecule has 6 heteroatoms. The van der Waals surface area contributed by atoms with E-state index in [1.54, 1.807) is 13.1 Å². The summed E-state index contributed by atoms with van der Waals surface area (Å²) in [7, 11) is 1.81. The third kappa shape index (κ3) is 5.92. The van der Waals surface area contributed by atoms with Crippen molar-refractivity contribution in [3.63, 3.8) is 0 Å². The molecule has 0 aliphatic rings. The molecule has 0 aromatic carbocycles. The highest BCUT2D eigenvalue weighted by atomic mass is 19.4. The van der Waals surface area contributed by atoms with Crippen LogP contribution in [-0.4, -0.2) is 24.8 Å². The minimum Gasteiger partial charge on any atom is -0.477 e. The van der Waals surface area contributed by atoms with Crippen molar-refractivity contribution in [2.45, 2.75) is 38.9 Å². The fourth-order valence-electron chi connectivity index (χ4n) is 1.53. The smallest absolute Gasteiger partial charge is 0.392 e. The van der Waals surface area contributed by atoms with E-state index in [9.17, 15) is 13.2 Å². The third-order valence-corrected chi connectivity index (χ3v) is 2.49. The Hall–Kier alpha value is -1.30. The molecule has 3 nitrogen and oxygen atoms in total. The van der Waals surface area contributed by atoms with Gasteiger partial charge < -0.3 is 10.1 Å². The first-order chi connectivity index (χ1) is 8.81.